The average molecular weight is 358 g/mol. The van der Waals surface area contributed by atoms with Crippen molar-refractivity contribution < 1.29 is 42.8 Å². The smallest absolute Gasteiger partial charge is 0.309 e. The van der Waals surface area contributed by atoms with Crippen molar-refractivity contribution >= 4 is 17.9 Å². The summed E-state index contributed by atoms with van der Waals surface area (Å²) in [6.45, 7) is 2.30. The third-order valence-corrected chi connectivity index (χ3v) is 3.92. The Morgan fingerprint density at radius 2 is 1.28 bits per heavy atom. The van der Waals surface area contributed by atoms with Gasteiger partial charge in [0.15, 0.2) is 0 Å². The predicted molar refractivity (Wildman–Crippen MR) is 79.4 cm³/mol. The molecule has 9 heteroatoms. The monoisotopic (exact) mass is 358 g/mol. The van der Waals surface area contributed by atoms with E-state index in [9.17, 15) is 14.4 Å². The maximum Gasteiger partial charge on any atom is 0.309 e. The quantitative estimate of drug-likeness (QED) is 0.261. The molecule has 3 aliphatic rings. The van der Waals surface area contributed by atoms with E-state index < -0.39 is 23.8 Å². The van der Waals surface area contributed by atoms with Crippen LogP contribution in [0, 0.1) is 5.92 Å². The molecule has 140 valence electrons. The fourth-order valence-electron chi connectivity index (χ4n) is 2.09. The molecule has 0 radical (unpaired) electrons. The van der Waals surface area contributed by atoms with Gasteiger partial charge in [-0.1, -0.05) is 0 Å². The SMILES string of the molecule is O=C(CCC(CC(=O)OCC1CO1)C(=O)OCC1CO1)OCC1CO1. The molecule has 3 fully saturated rings. The fraction of sp³-hybridized carbons (Fsp3) is 0.812. The van der Waals surface area contributed by atoms with Gasteiger partial charge in [-0.3, -0.25) is 14.4 Å². The number of carbonyl (C=O) groups is 3. The standard InChI is InChI=1S/C16H22O9/c17-14(23-7-11-4-20-11)2-1-10(16(19)25-9-13-6-22-13)3-15(18)24-8-12-5-21-12/h10-13H,1-9H2. The van der Waals surface area contributed by atoms with Gasteiger partial charge in [-0.15, -0.1) is 0 Å². The third-order valence-electron chi connectivity index (χ3n) is 3.92. The van der Waals surface area contributed by atoms with E-state index in [1.807, 2.05) is 0 Å². The Hall–Kier alpha value is -1.71. The van der Waals surface area contributed by atoms with E-state index >= 15 is 0 Å². The summed E-state index contributed by atoms with van der Waals surface area (Å²) in [6, 6.07) is 0. The van der Waals surface area contributed by atoms with Crippen molar-refractivity contribution in [2.45, 2.75) is 37.6 Å². The minimum atomic E-state index is -0.754. The Bertz CT molecular complexity index is 494. The van der Waals surface area contributed by atoms with Crippen molar-refractivity contribution in [3.63, 3.8) is 0 Å². The van der Waals surface area contributed by atoms with Gasteiger partial charge in [-0.05, 0) is 6.42 Å². The molecule has 0 aromatic carbocycles. The molecule has 3 saturated heterocycles. The second-order valence-electron chi connectivity index (χ2n) is 6.30. The first-order valence-electron chi connectivity index (χ1n) is 8.43. The highest BCUT2D eigenvalue weighted by atomic mass is 16.6. The third kappa shape index (κ3) is 7.37. The molecule has 4 unspecified atom stereocenters. The van der Waals surface area contributed by atoms with Crippen molar-refractivity contribution in [2.75, 3.05) is 39.6 Å². The van der Waals surface area contributed by atoms with E-state index in [1.165, 1.54) is 0 Å². The van der Waals surface area contributed by atoms with Crippen LogP contribution in [-0.2, 0) is 42.8 Å². The summed E-state index contributed by atoms with van der Waals surface area (Å²) in [5.74, 6) is -2.23. The zero-order valence-electron chi connectivity index (χ0n) is 13.8. The molecule has 4 atom stereocenters. The van der Waals surface area contributed by atoms with Crippen LogP contribution in [0.25, 0.3) is 0 Å². The first kappa shape index (κ1) is 18.1. The molecule has 0 N–H and O–H groups in total. The molecule has 3 rings (SSSR count). The van der Waals surface area contributed by atoms with Crippen LogP contribution in [0.1, 0.15) is 19.3 Å². The van der Waals surface area contributed by atoms with Gasteiger partial charge in [0, 0.05) is 6.42 Å². The summed E-state index contributed by atoms with van der Waals surface area (Å²) in [6.07, 6.45) is -0.0819. The number of carbonyl (C=O) groups excluding carboxylic acids is 3. The Kier molecular flexibility index (Phi) is 6.22. The molecular formula is C16H22O9. The Morgan fingerprint density at radius 1 is 0.800 bits per heavy atom. The molecule has 0 aromatic heterocycles. The van der Waals surface area contributed by atoms with E-state index in [-0.39, 0.29) is 57.4 Å². The molecule has 0 aromatic rings. The van der Waals surface area contributed by atoms with Crippen molar-refractivity contribution in [3.05, 3.63) is 0 Å². The number of ether oxygens (including phenoxy) is 6. The molecule has 0 aliphatic carbocycles. The second kappa shape index (κ2) is 8.59. The maximum atomic E-state index is 12.2. The number of epoxide rings is 3. The molecule has 0 spiro atoms. The van der Waals surface area contributed by atoms with Gasteiger partial charge >= 0.3 is 17.9 Å². The van der Waals surface area contributed by atoms with Crippen molar-refractivity contribution in [2.24, 2.45) is 5.92 Å². The van der Waals surface area contributed by atoms with Gasteiger partial charge < -0.3 is 28.4 Å². The number of esters is 3. The Balaban J connectivity index is 1.40. The van der Waals surface area contributed by atoms with Gasteiger partial charge in [0.25, 0.3) is 0 Å². The summed E-state index contributed by atoms with van der Waals surface area (Å²) < 4.78 is 30.1. The summed E-state index contributed by atoms with van der Waals surface area (Å²) in [4.78, 5) is 35.7. The Labute approximate surface area is 144 Å². The summed E-state index contributed by atoms with van der Waals surface area (Å²) in [5.41, 5.74) is 0. The minimum Gasteiger partial charge on any atom is -0.463 e. The molecular weight excluding hydrogens is 336 g/mol. The van der Waals surface area contributed by atoms with Crippen LogP contribution in [0.2, 0.25) is 0 Å². The first-order valence-corrected chi connectivity index (χ1v) is 8.43. The van der Waals surface area contributed by atoms with E-state index in [1.54, 1.807) is 0 Å². The normalized spacial score (nSPS) is 27.1. The lowest BCUT2D eigenvalue weighted by Gasteiger charge is -2.15. The lowest BCUT2D eigenvalue weighted by molar-refractivity contribution is -0.156. The van der Waals surface area contributed by atoms with E-state index in [4.69, 9.17) is 28.4 Å². The molecule has 3 heterocycles. The number of rotatable bonds is 12. The van der Waals surface area contributed by atoms with Crippen molar-refractivity contribution in [3.8, 4) is 0 Å². The van der Waals surface area contributed by atoms with Crippen LogP contribution in [0.5, 0.6) is 0 Å². The highest BCUT2D eigenvalue weighted by Crippen LogP contribution is 2.19. The first-order chi connectivity index (χ1) is 12.1. The lowest BCUT2D eigenvalue weighted by atomic mass is 9.99. The maximum absolute atomic E-state index is 12.2. The van der Waals surface area contributed by atoms with Crippen molar-refractivity contribution in [1.82, 2.24) is 0 Å². The lowest BCUT2D eigenvalue weighted by Crippen LogP contribution is -2.25. The van der Waals surface area contributed by atoms with Crippen LogP contribution < -0.4 is 0 Å². The molecule has 3 aliphatic heterocycles. The molecule has 0 bridgehead atoms. The summed E-state index contributed by atoms with van der Waals surface area (Å²) in [7, 11) is 0. The number of hydrogen-bond acceptors (Lipinski definition) is 9. The van der Waals surface area contributed by atoms with Crippen molar-refractivity contribution in [1.29, 1.82) is 0 Å². The summed E-state index contributed by atoms with van der Waals surface area (Å²) in [5, 5.41) is 0. The van der Waals surface area contributed by atoms with Gasteiger partial charge in [0.2, 0.25) is 0 Å². The fourth-order valence-corrected chi connectivity index (χ4v) is 2.09. The molecule has 0 saturated carbocycles. The zero-order chi connectivity index (χ0) is 17.6. The van der Waals surface area contributed by atoms with Gasteiger partial charge in [0.05, 0.1) is 32.2 Å². The minimum absolute atomic E-state index is 0.0112. The van der Waals surface area contributed by atoms with E-state index in [2.05, 4.69) is 0 Å². The highest BCUT2D eigenvalue weighted by Gasteiger charge is 2.31. The van der Waals surface area contributed by atoms with Crippen LogP contribution >= 0.6 is 0 Å². The van der Waals surface area contributed by atoms with E-state index in [0.717, 1.165) is 0 Å². The van der Waals surface area contributed by atoms with Crippen LogP contribution in [0.15, 0.2) is 0 Å². The average Bonchev–Trinajstić information content (AvgIpc) is 3.47. The number of hydrogen-bond donors (Lipinski definition) is 0. The van der Waals surface area contributed by atoms with Gasteiger partial charge in [-0.2, -0.15) is 0 Å². The molecule has 0 amide bonds. The van der Waals surface area contributed by atoms with Gasteiger partial charge in [-0.25, -0.2) is 0 Å². The Morgan fingerprint density at radius 3 is 1.80 bits per heavy atom. The zero-order valence-corrected chi connectivity index (χ0v) is 13.8. The highest BCUT2D eigenvalue weighted by molar-refractivity contribution is 5.80. The van der Waals surface area contributed by atoms with Crippen LogP contribution in [0.4, 0.5) is 0 Å². The molecule has 25 heavy (non-hydrogen) atoms. The predicted octanol–water partition coefficient (Wildman–Crippen LogP) is -0.401. The molecule has 9 nitrogen and oxygen atoms in total. The summed E-state index contributed by atoms with van der Waals surface area (Å²) >= 11 is 0. The van der Waals surface area contributed by atoms with Crippen LogP contribution in [0.3, 0.4) is 0 Å². The largest absolute Gasteiger partial charge is 0.463 e. The van der Waals surface area contributed by atoms with Gasteiger partial charge in [0.1, 0.15) is 38.1 Å². The van der Waals surface area contributed by atoms with Crippen LogP contribution in [-0.4, -0.2) is 75.9 Å². The van der Waals surface area contributed by atoms with E-state index in [0.29, 0.717) is 19.8 Å². The second-order valence-corrected chi connectivity index (χ2v) is 6.30. The topological polar surface area (TPSA) is 116 Å².